The molecule has 3 rings (SSSR count). The summed E-state index contributed by atoms with van der Waals surface area (Å²) in [5, 5.41) is 14.5. The highest BCUT2D eigenvalue weighted by Crippen LogP contribution is 2.29. The molecule has 0 aliphatic rings. The van der Waals surface area contributed by atoms with E-state index in [1.54, 1.807) is 0 Å². The predicted molar refractivity (Wildman–Crippen MR) is 73.8 cm³/mol. The molecule has 1 amide bonds. The SMILES string of the molecule is CN(C)C(=O)n1nnc(-c2cc(-c3noc(C(F)(F)F)n3)ccn2)n1. The van der Waals surface area contributed by atoms with Crippen LogP contribution in [0.25, 0.3) is 22.9 Å². The van der Waals surface area contributed by atoms with E-state index in [9.17, 15) is 18.0 Å². The summed E-state index contributed by atoms with van der Waals surface area (Å²) >= 11 is 0. The van der Waals surface area contributed by atoms with Crippen molar-refractivity contribution in [2.75, 3.05) is 14.1 Å². The Bertz CT molecular complexity index is 917. The Morgan fingerprint density at radius 3 is 2.68 bits per heavy atom. The van der Waals surface area contributed by atoms with Crippen LogP contribution >= 0.6 is 0 Å². The molecule has 0 saturated carbocycles. The second kappa shape index (κ2) is 5.92. The standard InChI is InChI=1S/C12H9F3N8O2/c1-22(2)11(24)23-19-9(18-21-23)7-5-6(3-4-16-7)8-17-10(25-20-8)12(13,14)15/h3-5H,1-2H3. The molecule has 0 atom stereocenters. The Balaban J connectivity index is 1.92. The van der Waals surface area contributed by atoms with Crippen LogP contribution in [-0.4, -0.2) is 60.4 Å². The van der Waals surface area contributed by atoms with Gasteiger partial charge in [0.2, 0.25) is 11.6 Å². The highest BCUT2D eigenvalue weighted by Gasteiger charge is 2.38. The summed E-state index contributed by atoms with van der Waals surface area (Å²) < 4.78 is 41.8. The van der Waals surface area contributed by atoms with Crippen molar-refractivity contribution < 1.29 is 22.5 Å². The maximum Gasteiger partial charge on any atom is 0.471 e. The normalized spacial score (nSPS) is 11.6. The van der Waals surface area contributed by atoms with E-state index < -0.39 is 18.1 Å². The second-order valence-corrected chi connectivity index (χ2v) is 4.93. The Hall–Kier alpha value is -3.38. The number of hydrogen-bond acceptors (Lipinski definition) is 8. The lowest BCUT2D eigenvalue weighted by Gasteiger charge is -2.06. The molecule has 3 aromatic rings. The first-order valence-corrected chi connectivity index (χ1v) is 6.65. The quantitative estimate of drug-likeness (QED) is 0.677. The van der Waals surface area contributed by atoms with Crippen LogP contribution in [0.4, 0.5) is 18.0 Å². The molecule has 0 N–H and O–H groups in total. The molecule has 0 fully saturated rings. The zero-order valence-corrected chi connectivity index (χ0v) is 12.8. The fourth-order valence-electron chi connectivity index (χ4n) is 1.72. The number of carbonyl (C=O) groups excluding carboxylic acids is 1. The van der Waals surface area contributed by atoms with Gasteiger partial charge in [0.1, 0.15) is 5.69 Å². The van der Waals surface area contributed by atoms with Crippen molar-refractivity contribution in [3.63, 3.8) is 0 Å². The summed E-state index contributed by atoms with van der Waals surface area (Å²) in [6.07, 6.45) is -3.43. The summed E-state index contributed by atoms with van der Waals surface area (Å²) in [4.78, 5) is 21.0. The molecule has 0 unspecified atom stereocenters. The zero-order valence-electron chi connectivity index (χ0n) is 12.8. The van der Waals surface area contributed by atoms with Crippen LogP contribution in [0.1, 0.15) is 5.89 Å². The maximum absolute atomic E-state index is 12.5. The van der Waals surface area contributed by atoms with Crippen molar-refractivity contribution >= 4 is 6.03 Å². The van der Waals surface area contributed by atoms with Gasteiger partial charge in [0.25, 0.3) is 0 Å². The van der Waals surface area contributed by atoms with Crippen molar-refractivity contribution in [2.45, 2.75) is 6.18 Å². The highest BCUT2D eigenvalue weighted by molar-refractivity contribution is 5.74. The predicted octanol–water partition coefficient (Wildman–Crippen LogP) is 1.33. The monoisotopic (exact) mass is 354 g/mol. The molecule has 3 heterocycles. The Labute approximate surface area is 137 Å². The number of aromatic nitrogens is 7. The summed E-state index contributed by atoms with van der Waals surface area (Å²) in [7, 11) is 3.03. The van der Waals surface area contributed by atoms with Gasteiger partial charge in [-0.25, -0.2) is 4.79 Å². The van der Waals surface area contributed by atoms with Gasteiger partial charge < -0.3 is 9.42 Å². The first-order chi connectivity index (χ1) is 11.8. The zero-order chi connectivity index (χ0) is 18.2. The first-order valence-electron chi connectivity index (χ1n) is 6.65. The van der Waals surface area contributed by atoms with E-state index >= 15 is 0 Å². The van der Waals surface area contributed by atoms with E-state index in [1.807, 2.05) is 0 Å². The number of pyridine rings is 1. The van der Waals surface area contributed by atoms with Crippen LogP contribution in [0.5, 0.6) is 0 Å². The molecule has 0 aliphatic heterocycles. The number of tetrazole rings is 1. The molecule has 0 aliphatic carbocycles. The topological polar surface area (TPSA) is 116 Å². The molecule has 0 spiro atoms. The summed E-state index contributed by atoms with van der Waals surface area (Å²) in [5.74, 6) is -1.72. The lowest BCUT2D eigenvalue weighted by molar-refractivity contribution is -0.159. The molecule has 13 heteroatoms. The third-order valence-corrected chi connectivity index (χ3v) is 2.88. The number of alkyl halides is 3. The van der Waals surface area contributed by atoms with E-state index in [0.717, 1.165) is 4.80 Å². The Kier molecular flexibility index (Phi) is 3.90. The molecular weight excluding hydrogens is 345 g/mol. The van der Waals surface area contributed by atoms with E-state index in [2.05, 4.69) is 35.1 Å². The van der Waals surface area contributed by atoms with Crippen molar-refractivity contribution in [1.29, 1.82) is 0 Å². The Morgan fingerprint density at radius 1 is 1.28 bits per heavy atom. The number of halogens is 3. The minimum atomic E-state index is -4.74. The number of nitrogens with zero attached hydrogens (tertiary/aromatic N) is 8. The number of hydrogen-bond donors (Lipinski definition) is 0. The van der Waals surface area contributed by atoms with Gasteiger partial charge in [-0.1, -0.05) is 9.95 Å². The number of carbonyl (C=O) groups is 1. The fraction of sp³-hybridized carbons (Fsp3) is 0.250. The van der Waals surface area contributed by atoms with Crippen LogP contribution in [0.2, 0.25) is 0 Å². The molecule has 0 aromatic carbocycles. The maximum atomic E-state index is 12.5. The largest absolute Gasteiger partial charge is 0.471 e. The minimum Gasteiger partial charge on any atom is -0.329 e. The minimum absolute atomic E-state index is 0.0107. The molecule has 25 heavy (non-hydrogen) atoms. The lowest BCUT2D eigenvalue weighted by atomic mass is 10.2. The summed E-state index contributed by atoms with van der Waals surface area (Å²) in [5.41, 5.74) is 0.383. The van der Waals surface area contributed by atoms with Gasteiger partial charge in [0.05, 0.1) is 0 Å². The average molecular weight is 354 g/mol. The third-order valence-electron chi connectivity index (χ3n) is 2.88. The lowest BCUT2D eigenvalue weighted by Crippen LogP contribution is -2.29. The van der Waals surface area contributed by atoms with Gasteiger partial charge in [-0.2, -0.15) is 18.2 Å². The van der Waals surface area contributed by atoms with E-state index in [-0.39, 0.29) is 22.9 Å². The molecule has 0 radical (unpaired) electrons. The van der Waals surface area contributed by atoms with Crippen molar-refractivity contribution in [1.82, 2.24) is 40.2 Å². The number of rotatable bonds is 2. The molecule has 0 saturated heterocycles. The molecular formula is C12H9F3N8O2. The van der Waals surface area contributed by atoms with Gasteiger partial charge in [0.15, 0.2) is 0 Å². The summed E-state index contributed by atoms with van der Waals surface area (Å²) in [6.45, 7) is 0. The summed E-state index contributed by atoms with van der Waals surface area (Å²) in [6, 6.07) is 2.22. The second-order valence-electron chi connectivity index (χ2n) is 4.93. The molecule has 10 nitrogen and oxygen atoms in total. The van der Waals surface area contributed by atoms with Crippen molar-refractivity contribution in [3.05, 3.63) is 24.2 Å². The highest BCUT2D eigenvalue weighted by atomic mass is 19.4. The molecule has 3 aromatic heterocycles. The molecule has 130 valence electrons. The van der Waals surface area contributed by atoms with E-state index in [0.29, 0.717) is 0 Å². The van der Waals surface area contributed by atoms with Gasteiger partial charge in [-0.3, -0.25) is 4.98 Å². The first kappa shape index (κ1) is 16.5. The van der Waals surface area contributed by atoms with E-state index in [4.69, 9.17) is 0 Å². The van der Waals surface area contributed by atoms with Crippen LogP contribution in [-0.2, 0) is 6.18 Å². The third kappa shape index (κ3) is 3.29. The van der Waals surface area contributed by atoms with Gasteiger partial charge in [-0.05, 0) is 17.3 Å². The number of amides is 1. The van der Waals surface area contributed by atoms with Crippen LogP contribution in [0, 0.1) is 0 Å². The van der Waals surface area contributed by atoms with Gasteiger partial charge in [-0.15, -0.1) is 10.2 Å². The van der Waals surface area contributed by atoms with Gasteiger partial charge >= 0.3 is 18.1 Å². The van der Waals surface area contributed by atoms with Crippen LogP contribution in [0.3, 0.4) is 0 Å². The fourth-order valence-corrected chi connectivity index (χ4v) is 1.72. The van der Waals surface area contributed by atoms with E-state index in [1.165, 1.54) is 37.3 Å². The van der Waals surface area contributed by atoms with Crippen molar-refractivity contribution in [3.8, 4) is 22.9 Å². The van der Waals surface area contributed by atoms with Gasteiger partial charge in [0, 0.05) is 25.9 Å². The smallest absolute Gasteiger partial charge is 0.329 e. The average Bonchev–Trinajstić information content (AvgIpc) is 3.23. The van der Waals surface area contributed by atoms with Crippen molar-refractivity contribution in [2.24, 2.45) is 0 Å². The molecule has 0 bridgehead atoms. The Morgan fingerprint density at radius 2 is 2.04 bits per heavy atom. The van der Waals surface area contributed by atoms with Crippen LogP contribution in [0.15, 0.2) is 22.9 Å². The van der Waals surface area contributed by atoms with Crippen LogP contribution < -0.4 is 0 Å².